The maximum atomic E-state index is 13.2. The molecule has 0 N–H and O–H groups in total. The van der Waals surface area contributed by atoms with Gasteiger partial charge in [-0.05, 0) is 111 Å². The van der Waals surface area contributed by atoms with Crippen molar-refractivity contribution in [1.29, 1.82) is 0 Å². The lowest BCUT2D eigenvalue weighted by molar-refractivity contribution is -0.206. The zero-order chi connectivity index (χ0) is 38.8. The molecule has 0 aliphatic carbocycles. The summed E-state index contributed by atoms with van der Waals surface area (Å²) in [5.41, 5.74) is -0.323. The summed E-state index contributed by atoms with van der Waals surface area (Å²) in [4.78, 5) is 17.4. The molecule has 2 saturated heterocycles. The minimum Gasteiger partial charge on any atom is -0.347 e. The van der Waals surface area contributed by atoms with Crippen LogP contribution in [0.4, 0.5) is 0 Å². The lowest BCUT2D eigenvalue weighted by Gasteiger charge is -2.40. The normalized spacial score (nSPS) is 20.6. The molecular weight excluding hydrogens is 665 g/mol. The zero-order valence-electron chi connectivity index (χ0n) is 36.5. The number of likely N-dealkylation sites (tertiary alicyclic amines) is 1. The number of hydrogen-bond acceptors (Lipinski definition) is 4. The summed E-state index contributed by atoms with van der Waals surface area (Å²) in [6.45, 7) is 7.72. The van der Waals surface area contributed by atoms with Crippen molar-refractivity contribution in [2.75, 3.05) is 40.3 Å². The third-order valence-electron chi connectivity index (χ3n) is 11.7. The summed E-state index contributed by atoms with van der Waals surface area (Å²) < 4.78 is 13.8. The number of hydrogen-bond donors (Lipinski definition) is 0. The Labute approximate surface area is 336 Å². The Hall–Kier alpha value is -1.43. The van der Waals surface area contributed by atoms with Gasteiger partial charge in [0.1, 0.15) is 5.60 Å². The molecule has 0 aromatic carbocycles. The van der Waals surface area contributed by atoms with Crippen molar-refractivity contribution in [3.8, 4) is 0 Å². The third kappa shape index (κ3) is 24.3. The molecule has 1 amide bonds. The van der Waals surface area contributed by atoms with Crippen molar-refractivity contribution >= 4 is 5.91 Å². The van der Waals surface area contributed by atoms with Crippen molar-refractivity contribution < 1.29 is 14.3 Å². The highest BCUT2D eigenvalue weighted by molar-refractivity contribution is 5.76. The fourth-order valence-corrected chi connectivity index (χ4v) is 8.33. The van der Waals surface area contributed by atoms with E-state index in [2.05, 4.69) is 74.2 Å². The maximum Gasteiger partial charge on any atom is 0.222 e. The molecule has 2 atom stereocenters. The first kappa shape index (κ1) is 48.7. The molecule has 2 aliphatic heterocycles. The second-order valence-electron chi connectivity index (χ2n) is 17.3. The van der Waals surface area contributed by atoms with E-state index in [9.17, 15) is 4.79 Å². The van der Waals surface area contributed by atoms with Gasteiger partial charge in [0.2, 0.25) is 5.91 Å². The smallest absolute Gasteiger partial charge is 0.222 e. The Balaban J connectivity index is 1.71. The van der Waals surface area contributed by atoms with Gasteiger partial charge in [0.25, 0.3) is 0 Å². The highest BCUT2D eigenvalue weighted by Crippen LogP contribution is 2.43. The van der Waals surface area contributed by atoms with Gasteiger partial charge in [-0.25, -0.2) is 0 Å². The van der Waals surface area contributed by atoms with E-state index in [1.54, 1.807) is 0 Å². The van der Waals surface area contributed by atoms with Crippen molar-refractivity contribution in [1.82, 2.24) is 9.80 Å². The van der Waals surface area contributed by atoms with Crippen LogP contribution in [-0.2, 0) is 14.3 Å². The van der Waals surface area contributed by atoms with Crippen LogP contribution in [0, 0.1) is 0 Å². The number of amides is 1. The van der Waals surface area contributed by atoms with Gasteiger partial charge in [-0.2, -0.15) is 0 Å². The lowest BCUT2D eigenvalue weighted by atomic mass is 9.93. The first-order valence-electron chi connectivity index (χ1n) is 23.7. The molecule has 0 bridgehead atoms. The van der Waals surface area contributed by atoms with E-state index >= 15 is 0 Å². The highest BCUT2D eigenvalue weighted by atomic mass is 16.8. The van der Waals surface area contributed by atoms with Crippen LogP contribution in [-0.4, -0.2) is 67.4 Å². The zero-order valence-corrected chi connectivity index (χ0v) is 36.5. The Morgan fingerprint density at radius 1 is 0.611 bits per heavy atom. The van der Waals surface area contributed by atoms with Crippen LogP contribution in [0.1, 0.15) is 219 Å². The van der Waals surface area contributed by atoms with E-state index in [1.165, 1.54) is 161 Å². The molecule has 54 heavy (non-hydrogen) atoms. The minimum absolute atomic E-state index is 0.287. The van der Waals surface area contributed by atoms with E-state index in [4.69, 9.17) is 9.47 Å². The summed E-state index contributed by atoms with van der Waals surface area (Å²) in [6, 6.07) is 0. The van der Waals surface area contributed by atoms with Crippen molar-refractivity contribution in [3.05, 3.63) is 36.5 Å². The van der Waals surface area contributed by atoms with Gasteiger partial charge in [-0.15, -0.1) is 0 Å². The maximum absolute atomic E-state index is 13.2. The number of unbranched alkanes of at least 4 members (excludes halogenated alkanes) is 21. The molecule has 2 unspecified atom stereocenters. The first-order chi connectivity index (χ1) is 26.4. The molecular formula is C49H90N2O3. The van der Waals surface area contributed by atoms with Crippen molar-refractivity contribution in [2.45, 2.75) is 231 Å². The predicted octanol–water partition coefficient (Wildman–Crippen LogP) is 14.1. The Bertz CT molecular complexity index is 976. The number of carbonyl (C=O) groups excluding carboxylic acids is 1. The number of nitrogens with zero attached hydrogens (tertiary/aromatic N) is 2. The first-order valence-corrected chi connectivity index (χ1v) is 23.7. The molecule has 0 aromatic rings. The Morgan fingerprint density at radius 3 is 1.61 bits per heavy atom. The molecule has 0 saturated carbocycles. The number of allylic oxidation sites excluding steroid dienone is 6. The highest BCUT2D eigenvalue weighted by Gasteiger charge is 2.51. The van der Waals surface area contributed by atoms with Gasteiger partial charge in [0.15, 0.2) is 5.79 Å². The quantitative estimate of drug-likeness (QED) is 0.0477. The molecule has 2 rings (SSSR count). The molecule has 2 aliphatic rings. The summed E-state index contributed by atoms with van der Waals surface area (Å²) in [7, 11) is 4.16. The van der Waals surface area contributed by atoms with Crippen LogP contribution in [0.3, 0.4) is 0 Å². The monoisotopic (exact) mass is 755 g/mol. The number of ether oxygens (including phenoxy) is 2. The molecule has 2 heterocycles. The molecule has 314 valence electrons. The standard InChI is InChI=1S/C49H90N2O3/c1-5-7-9-11-13-15-17-19-21-23-25-27-29-31-33-35-41-49(42-36-34-32-30-28-26-24-22-20-18-16-14-12-10-8-6-2)53-46-48(54-49)40-38-44-51(45-48)47(52)39-37-43-50(3)4/h13,15,19-22H,5-12,14,16-18,23-46H2,1-4H3. The molecule has 5 nitrogen and oxygen atoms in total. The SMILES string of the molecule is CCCCCC=CCC=CCCCCCCCCC1(CCCCCCCCC=CCCCCCCCC)OCC2(CCCN(C(=O)CCCN(C)C)C2)O1. The van der Waals surface area contributed by atoms with Gasteiger partial charge < -0.3 is 19.3 Å². The Kier molecular flexibility index (Phi) is 29.4. The van der Waals surface area contributed by atoms with E-state index in [-0.39, 0.29) is 11.5 Å². The van der Waals surface area contributed by atoms with Crippen molar-refractivity contribution in [2.24, 2.45) is 0 Å². The second-order valence-corrected chi connectivity index (χ2v) is 17.3. The molecule has 0 aromatic heterocycles. The average Bonchev–Trinajstić information content (AvgIpc) is 3.50. The second kappa shape index (κ2) is 32.6. The molecule has 5 heteroatoms. The predicted molar refractivity (Wildman–Crippen MR) is 234 cm³/mol. The lowest BCUT2D eigenvalue weighted by Crippen LogP contribution is -2.52. The summed E-state index contributed by atoms with van der Waals surface area (Å²) in [5, 5.41) is 0. The van der Waals surface area contributed by atoms with Crippen LogP contribution in [0.25, 0.3) is 0 Å². The van der Waals surface area contributed by atoms with E-state index < -0.39 is 5.79 Å². The molecule has 0 radical (unpaired) electrons. The van der Waals surface area contributed by atoms with Crippen LogP contribution in [0.2, 0.25) is 0 Å². The van der Waals surface area contributed by atoms with Crippen LogP contribution in [0.5, 0.6) is 0 Å². The van der Waals surface area contributed by atoms with E-state index in [0.29, 0.717) is 19.6 Å². The van der Waals surface area contributed by atoms with Crippen LogP contribution in [0.15, 0.2) is 36.5 Å². The minimum atomic E-state index is -0.465. The van der Waals surface area contributed by atoms with Gasteiger partial charge in [0.05, 0.1) is 13.2 Å². The molecule has 2 fully saturated rings. The Morgan fingerprint density at radius 2 is 1.07 bits per heavy atom. The van der Waals surface area contributed by atoms with E-state index in [0.717, 1.165) is 51.6 Å². The van der Waals surface area contributed by atoms with Gasteiger partial charge >= 0.3 is 0 Å². The largest absolute Gasteiger partial charge is 0.347 e. The van der Waals surface area contributed by atoms with Gasteiger partial charge in [0, 0.05) is 25.8 Å². The fraction of sp³-hybridized carbons (Fsp3) is 0.857. The number of carbonyl (C=O) groups is 1. The van der Waals surface area contributed by atoms with Crippen LogP contribution >= 0.6 is 0 Å². The van der Waals surface area contributed by atoms with Crippen LogP contribution < -0.4 is 0 Å². The van der Waals surface area contributed by atoms with Crippen molar-refractivity contribution in [3.63, 3.8) is 0 Å². The number of rotatable bonds is 35. The third-order valence-corrected chi connectivity index (χ3v) is 11.7. The topological polar surface area (TPSA) is 42.0 Å². The molecule has 1 spiro atoms. The summed E-state index contributed by atoms with van der Waals surface area (Å²) >= 11 is 0. The number of piperidine rings is 1. The fourth-order valence-electron chi connectivity index (χ4n) is 8.33. The average molecular weight is 755 g/mol. The summed E-state index contributed by atoms with van der Waals surface area (Å²) in [5.74, 6) is -0.178. The van der Waals surface area contributed by atoms with Gasteiger partial charge in [-0.3, -0.25) is 4.79 Å². The van der Waals surface area contributed by atoms with E-state index in [1.807, 2.05) is 0 Å². The summed E-state index contributed by atoms with van der Waals surface area (Å²) in [6.07, 6.45) is 53.5. The van der Waals surface area contributed by atoms with Gasteiger partial charge in [-0.1, -0.05) is 147 Å².